The minimum Gasteiger partial charge on any atom is -0.427 e. The number of non-ortho nitro benzene ring substituents is 1. The van der Waals surface area contributed by atoms with E-state index in [0.717, 1.165) is 19.4 Å². The first kappa shape index (κ1) is 25.2. The number of hydrogen-bond acceptors (Lipinski definition) is 8. The zero-order valence-electron chi connectivity index (χ0n) is 17.4. The molecular weight excluding hydrogens is 403 g/mol. The summed E-state index contributed by atoms with van der Waals surface area (Å²) in [5, 5.41) is 10.6. The van der Waals surface area contributed by atoms with Crippen LogP contribution in [0.15, 0.2) is 24.3 Å². The summed E-state index contributed by atoms with van der Waals surface area (Å²) < 4.78 is 32.3. The Bertz CT molecular complexity index is 700. The number of esters is 1. The summed E-state index contributed by atoms with van der Waals surface area (Å²) in [6.45, 7) is 1.75. The van der Waals surface area contributed by atoms with Gasteiger partial charge in [0.2, 0.25) is 0 Å². The molecule has 10 nitrogen and oxygen atoms in total. The number of phosphoric ester groups is 1. The van der Waals surface area contributed by atoms with E-state index >= 15 is 0 Å². The summed E-state index contributed by atoms with van der Waals surface area (Å²) in [7, 11) is 3.18. The second-order valence-corrected chi connectivity index (χ2v) is 8.95. The smallest absolute Gasteiger partial charge is 0.427 e. The van der Waals surface area contributed by atoms with Crippen molar-refractivity contribution in [2.75, 3.05) is 48.0 Å². The molecule has 11 heteroatoms. The van der Waals surface area contributed by atoms with Crippen molar-refractivity contribution in [1.82, 2.24) is 0 Å². The van der Waals surface area contributed by atoms with E-state index < -0.39 is 12.7 Å². The molecule has 0 aliphatic heterocycles. The van der Waals surface area contributed by atoms with E-state index in [0.29, 0.717) is 23.2 Å². The lowest BCUT2D eigenvalue weighted by Gasteiger charge is -2.30. The van der Waals surface area contributed by atoms with Gasteiger partial charge in [-0.1, -0.05) is 0 Å². The number of nitro benzene ring substituents is 1. The summed E-state index contributed by atoms with van der Waals surface area (Å²) in [4.78, 5) is 22.0. The summed E-state index contributed by atoms with van der Waals surface area (Å²) in [6, 6.07) is 5.41. The van der Waals surface area contributed by atoms with Crippen molar-refractivity contribution < 1.29 is 37.1 Å². The Hall–Kier alpha value is -1.84. The van der Waals surface area contributed by atoms with Crippen LogP contribution >= 0.6 is 7.82 Å². The van der Waals surface area contributed by atoms with Crippen LogP contribution in [0.3, 0.4) is 0 Å². The lowest BCUT2D eigenvalue weighted by molar-refractivity contribution is -0.890. The van der Waals surface area contributed by atoms with E-state index in [1.54, 1.807) is 0 Å². The van der Waals surface area contributed by atoms with E-state index in [9.17, 15) is 19.5 Å². The molecule has 0 radical (unpaired) electrons. The van der Waals surface area contributed by atoms with Crippen molar-refractivity contribution in [3.8, 4) is 5.75 Å². The highest BCUT2D eigenvalue weighted by Crippen LogP contribution is 2.47. The summed E-state index contributed by atoms with van der Waals surface area (Å²) >= 11 is 0. The molecular formula is C18H30N2O8P+. The monoisotopic (exact) mass is 433 g/mol. The van der Waals surface area contributed by atoms with Crippen LogP contribution in [0, 0.1) is 10.1 Å². The van der Waals surface area contributed by atoms with Gasteiger partial charge in [-0.05, 0) is 31.4 Å². The Morgan fingerprint density at radius 2 is 1.69 bits per heavy atom. The van der Waals surface area contributed by atoms with Crippen molar-refractivity contribution in [3.05, 3.63) is 34.4 Å². The number of hydrogen-bond donors (Lipinski definition) is 0. The van der Waals surface area contributed by atoms with Crippen molar-refractivity contribution in [3.63, 3.8) is 0 Å². The predicted molar refractivity (Wildman–Crippen MR) is 107 cm³/mol. The molecule has 0 aliphatic carbocycles. The number of ether oxygens (including phenoxy) is 1. The molecule has 0 aromatic heterocycles. The molecule has 0 spiro atoms. The third-order valence-corrected chi connectivity index (χ3v) is 5.71. The van der Waals surface area contributed by atoms with Gasteiger partial charge in [0, 0.05) is 32.8 Å². The average Bonchev–Trinajstić information content (AvgIpc) is 2.67. The molecule has 1 rings (SSSR count). The Kier molecular flexibility index (Phi) is 10.4. The molecule has 0 atom stereocenters. The molecule has 0 bridgehead atoms. The third-order valence-electron chi connectivity index (χ3n) is 4.32. The number of carbonyl (C=O) groups excluding carboxylic acids is 1. The molecule has 1 aromatic rings. The van der Waals surface area contributed by atoms with Gasteiger partial charge < -0.3 is 9.22 Å². The van der Waals surface area contributed by atoms with Gasteiger partial charge in [0.25, 0.3) is 5.69 Å². The first-order chi connectivity index (χ1) is 13.6. The fourth-order valence-electron chi connectivity index (χ4n) is 2.50. The average molecular weight is 433 g/mol. The summed E-state index contributed by atoms with van der Waals surface area (Å²) in [5.74, 6) is -0.0707. The minimum absolute atomic E-state index is 0.0526. The maximum Gasteiger partial charge on any atom is 0.474 e. The van der Waals surface area contributed by atoms with E-state index in [1.807, 2.05) is 14.1 Å². The van der Waals surface area contributed by atoms with E-state index in [4.69, 9.17) is 18.3 Å². The second kappa shape index (κ2) is 12.0. The van der Waals surface area contributed by atoms with Crippen LogP contribution in [-0.4, -0.2) is 63.4 Å². The molecule has 0 amide bonds. The number of phosphoric acid groups is 1. The van der Waals surface area contributed by atoms with Crippen LogP contribution in [0.25, 0.3) is 0 Å². The highest BCUT2D eigenvalue weighted by molar-refractivity contribution is 7.48. The van der Waals surface area contributed by atoms with Gasteiger partial charge in [0.1, 0.15) is 18.9 Å². The van der Waals surface area contributed by atoms with Crippen molar-refractivity contribution in [2.45, 2.75) is 25.7 Å². The van der Waals surface area contributed by atoms with Crippen molar-refractivity contribution >= 4 is 19.5 Å². The van der Waals surface area contributed by atoms with Gasteiger partial charge in [-0.3, -0.25) is 28.5 Å². The third kappa shape index (κ3) is 9.96. The van der Waals surface area contributed by atoms with E-state index in [-0.39, 0.29) is 24.7 Å². The molecule has 0 saturated carbocycles. The van der Waals surface area contributed by atoms with Gasteiger partial charge in [0.15, 0.2) is 0 Å². The molecule has 0 aliphatic rings. The molecule has 0 saturated heterocycles. The van der Waals surface area contributed by atoms with Crippen LogP contribution < -0.4 is 4.74 Å². The van der Waals surface area contributed by atoms with Gasteiger partial charge in [-0.25, -0.2) is 4.57 Å². The first-order valence-corrected chi connectivity index (χ1v) is 10.7. The largest absolute Gasteiger partial charge is 0.474 e. The number of unbranched alkanes of at least 4 members (excludes halogenated alkanes) is 2. The normalized spacial score (nSPS) is 12.0. The van der Waals surface area contributed by atoms with Crippen LogP contribution in [-0.2, 0) is 22.9 Å². The standard InChI is InChI=1S/C18H30N2O8P/c1-20(2,14-15-27-29(24,25-3)26-4)13-7-5-6-8-18(21)28-17-11-9-16(10-12-17)19(22)23/h9-12H,5-8,13-15H2,1-4H3/q+1. The van der Waals surface area contributed by atoms with Crippen LogP contribution in [0.4, 0.5) is 5.69 Å². The molecule has 1 aromatic carbocycles. The lowest BCUT2D eigenvalue weighted by Crippen LogP contribution is -2.42. The Balaban J connectivity index is 2.22. The van der Waals surface area contributed by atoms with E-state index in [1.165, 1.54) is 38.5 Å². The number of carbonyl (C=O) groups is 1. The number of nitrogens with zero attached hydrogens (tertiary/aromatic N) is 2. The fourth-order valence-corrected chi connectivity index (χ4v) is 3.16. The van der Waals surface area contributed by atoms with Gasteiger partial charge in [-0.2, -0.15) is 0 Å². The molecule has 0 N–H and O–H groups in total. The number of benzene rings is 1. The SMILES string of the molecule is COP(=O)(OC)OCC[N+](C)(C)CCCCCC(=O)Oc1ccc([N+](=O)[O-])cc1. The molecule has 0 fully saturated rings. The maximum atomic E-state index is 11.9. The predicted octanol–water partition coefficient (Wildman–Crippen LogP) is 3.55. The topological polar surface area (TPSA) is 114 Å². The highest BCUT2D eigenvalue weighted by Gasteiger charge is 2.24. The van der Waals surface area contributed by atoms with Crippen LogP contribution in [0.5, 0.6) is 5.75 Å². The molecule has 164 valence electrons. The maximum absolute atomic E-state index is 11.9. The highest BCUT2D eigenvalue weighted by atomic mass is 31.2. The van der Waals surface area contributed by atoms with Gasteiger partial charge >= 0.3 is 13.8 Å². The Labute approximate surface area is 171 Å². The Morgan fingerprint density at radius 1 is 1.07 bits per heavy atom. The number of rotatable bonds is 14. The van der Waals surface area contributed by atoms with Crippen molar-refractivity contribution in [1.29, 1.82) is 0 Å². The van der Waals surface area contributed by atoms with Crippen LogP contribution in [0.1, 0.15) is 25.7 Å². The molecule has 0 unspecified atom stereocenters. The molecule has 0 heterocycles. The van der Waals surface area contributed by atoms with Gasteiger partial charge in [-0.15, -0.1) is 0 Å². The fraction of sp³-hybridized carbons (Fsp3) is 0.611. The second-order valence-electron chi connectivity index (χ2n) is 7.06. The van der Waals surface area contributed by atoms with Gasteiger partial charge in [0.05, 0.1) is 25.6 Å². The summed E-state index contributed by atoms with van der Waals surface area (Å²) in [5.41, 5.74) is -0.0526. The lowest BCUT2D eigenvalue weighted by atomic mass is 10.2. The van der Waals surface area contributed by atoms with Crippen molar-refractivity contribution in [2.24, 2.45) is 0 Å². The molecule has 29 heavy (non-hydrogen) atoms. The van der Waals surface area contributed by atoms with E-state index in [2.05, 4.69) is 0 Å². The van der Waals surface area contributed by atoms with Crippen LogP contribution in [0.2, 0.25) is 0 Å². The number of nitro groups is 1. The first-order valence-electron chi connectivity index (χ1n) is 9.24. The summed E-state index contributed by atoms with van der Waals surface area (Å²) in [6.07, 6.45) is 2.72. The Morgan fingerprint density at radius 3 is 2.24 bits per heavy atom. The zero-order chi connectivity index (χ0) is 21.9. The minimum atomic E-state index is -3.45. The number of likely N-dealkylation sites (N-methyl/N-ethyl adjacent to an activating group) is 1. The quantitative estimate of drug-likeness (QED) is 0.0832. The zero-order valence-corrected chi connectivity index (χ0v) is 18.3. The number of quaternary nitrogens is 1.